The summed E-state index contributed by atoms with van der Waals surface area (Å²) in [6, 6.07) is 0.628. The minimum atomic E-state index is -4.82. The fraction of sp³-hybridized carbons (Fsp3) is 0.333. The number of amides is 1. The number of rotatable bonds is 5. The number of hydrogen-bond acceptors (Lipinski definition) is 9. The van der Waals surface area contributed by atoms with Gasteiger partial charge in [0.05, 0.1) is 0 Å². The van der Waals surface area contributed by atoms with Crippen molar-refractivity contribution in [3.63, 3.8) is 0 Å². The maximum Gasteiger partial charge on any atom is 0.433 e. The summed E-state index contributed by atoms with van der Waals surface area (Å²) in [6.45, 7) is -0.353. The molecule has 1 amide bonds. The number of primary amides is 1. The number of halogens is 3. The predicted molar refractivity (Wildman–Crippen MR) is 78.7 cm³/mol. The van der Waals surface area contributed by atoms with E-state index in [2.05, 4.69) is 36.0 Å². The Morgan fingerprint density at radius 1 is 1.19 bits per heavy atom. The van der Waals surface area contributed by atoms with Crippen molar-refractivity contribution in [3.05, 3.63) is 23.1 Å². The van der Waals surface area contributed by atoms with E-state index >= 15 is 0 Å². The largest absolute Gasteiger partial charge is 0.469 e. The van der Waals surface area contributed by atoms with Crippen LogP contribution in [0.5, 0.6) is 5.88 Å². The van der Waals surface area contributed by atoms with Crippen LogP contribution in [0, 0.1) is 0 Å². The summed E-state index contributed by atoms with van der Waals surface area (Å²) in [5.41, 5.74) is 3.36. The molecule has 3 aromatic heterocycles. The third-order valence-electron chi connectivity index (χ3n) is 3.43. The highest BCUT2D eigenvalue weighted by Crippen LogP contribution is 2.35. The van der Waals surface area contributed by atoms with Crippen LogP contribution in [0.15, 0.2) is 6.07 Å². The first-order valence-electron chi connectivity index (χ1n) is 7.17. The Morgan fingerprint density at radius 2 is 1.85 bits per heavy atom. The lowest BCUT2D eigenvalue weighted by Crippen LogP contribution is -2.20. The highest BCUT2D eigenvalue weighted by Gasteiger charge is 2.36. The predicted octanol–water partition coefficient (Wildman–Crippen LogP) is -0.508. The molecule has 0 aliphatic rings. The molecule has 3 aromatic rings. The molecule has 0 aliphatic heterocycles. The molecule has 3 rings (SSSR count). The number of nitrogens with zero attached hydrogens (tertiary/aromatic N) is 9. The lowest BCUT2D eigenvalue weighted by Gasteiger charge is -2.15. The second-order valence-corrected chi connectivity index (χ2v) is 5.23. The topological polar surface area (TPSA) is 152 Å². The average molecular weight is 384 g/mol. The minimum absolute atomic E-state index is 0.123. The number of aryl methyl sites for hydroxylation is 2. The van der Waals surface area contributed by atoms with Crippen molar-refractivity contribution in [2.75, 3.05) is 0 Å². The van der Waals surface area contributed by atoms with Gasteiger partial charge in [-0.05, 0) is 26.9 Å². The summed E-state index contributed by atoms with van der Waals surface area (Å²) >= 11 is 0. The van der Waals surface area contributed by atoms with Crippen LogP contribution in [0.2, 0.25) is 0 Å². The van der Waals surface area contributed by atoms with Crippen LogP contribution in [0.4, 0.5) is 13.2 Å². The zero-order valence-corrected chi connectivity index (χ0v) is 13.8. The Morgan fingerprint density at radius 3 is 2.37 bits per heavy atom. The van der Waals surface area contributed by atoms with E-state index in [0.717, 1.165) is 4.68 Å². The molecule has 12 nitrogen and oxygen atoms in total. The Hall–Kier alpha value is -3.65. The van der Waals surface area contributed by atoms with Gasteiger partial charge in [-0.25, -0.2) is 14.3 Å². The second-order valence-electron chi connectivity index (χ2n) is 5.23. The van der Waals surface area contributed by atoms with Gasteiger partial charge < -0.3 is 10.5 Å². The van der Waals surface area contributed by atoms with Gasteiger partial charge >= 0.3 is 6.18 Å². The van der Waals surface area contributed by atoms with Crippen molar-refractivity contribution in [1.29, 1.82) is 0 Å². The molecule has 0 spiro atoms. The van der Waals surface area contributed by atoms with E-state index in [1.165, 1.54) is 18.8 Å². The van der Waals surface area contributed by atoms with Crippen LogP contribution >= 0.6 is 0 Å². The van der Waals surface area contributed by atoms with Gasteiger partial charge in [0.25, 0.3) is 5.91 Å². The van der Waals surface area contributed by atoms with Gasteiger partial charge in [-0.1, -0.05) is 0 Å². The zero-order valence-electron chi connectivity index (χ0n) is 13.8. The third kappa shape index (κ3) is 3.51. The number of aromatic nitrogens is 9. The van der Waals surface area contributed by atoms with E-state index in [0.29, 0.717) is 6.07 Å². The molecular weight excluding hydrogens is 373 g/mol. The number of pyridine rings is 1. The highest BCUT2D eigenvalue weighted by molar-refractivity contribution is 6.01. The van der Waals surface area contributed by atoms with Gasteiger partial charge in [-0.3, -0.25) is 4.79 Å². The molecule has 0 fully saturated rings. The summed E-state index contributed by atoms with van der Waals surface area (Å²) in [5, 5.41) is 21.1. The first kappa shape index (κ1) is 18.2. The maximum atomic E-state index is 13.3. The van der Waals surface area contributed by atoms with Gasteiger partial charge in [0.15, 0.2) is 18.3 Å². The number of carbonyl (C=O) groups is 1. The molecule has 0 unspecified atom stereocenters. The molecule has 15 heteroatoms. The van der Waals surface area contributed by atoms with Gasteiger partial charge in [0.1, 0.15) is 11.3 Å². The van der Waals surface area contributed by atoms with Crippen LogP contribution in [0.1, 0.15) is 21.9 Å². The Balaban J connectivity index is 2.16. The van der Waals surface area contributed by atoms with Crippen LogP contribution in [-0.2, 0) is 26.9 Å². The lowest BCUT2D eigenvalue weighted by atomic mass is 10.1. The fourth-order valence-corrected chi connectivity index (χ4v) is 2.15. The van der Waals surface area contributed by atoms with Crippen LogP contribution in [0.3, 0.4) is 0 Å². The maximum absolute atomic E-state index is 13.3. The van der Waals surface area contributed by atoms with Gasteiger partial charge in [-0.2, -0.15) is 13.2 Å². The van der Waals surface area contributed by atoms with Crippen LogP contribution in [-0.4, -0.2) is 51.3 Å². The summed E-state index contributed by atoms with van der Waals surface area (Å²) in [6.07, 6.45) is -4.82. The van der Waals surface area contributed by atoms with E-state index in [1.54, 1.807) is 0 Å². The molecule has 0 aliphatic carbocycles. The number of hydrogen-bond donors (Lipinski definition) is 1. The van der Waals surface area contributed by atoms with Gasteiger partial charge in [0, 0.05) is 19.7 Å². The molecule has 0 radical (unpaired) electrons. The fourth-order valence-electron chi connectivity index (χ4n) is 2.15. The van der Waals surface area contributed by atoms with E-state index in [9.17, 15) is 18.0 Å². The summed E-state index contributed by atoms with van der Waals surface area (Å²) in [5.74, 6) is -1.65. The van der Waals surface area contributed by atoms with Crippen molar-refractivity contribution in [3.8, 4) is 17.3 Å². The Bertz CT molecular complexity index is 996. The molecule has 3 heterocycles. The highest BCUT2D eigenvalue weighted by atomic mass is 19.4. The zero-order chi connectivity index (χ0) is 19.8. The van der Waals surface area contributed by atoms with Crippen molar-refractivity contribution in [1.82, 2.24) is 45.4 Å². The van der Waals surface area contributed by atoms with Crippen LogP contribution < -0.4 is 10.5 Å². The number of ether oxygens (including phenoxy) is 1. The summed E-state index contributed by atoms with van der Waals surface area (Å²) < 4.78 is 47.4. The van der Waals surface area contributed by atoms with Gasteiger partial charge in [-0.15, -0.1) is 10.2 Å². The normalized spacial score (nSPS) is 11.6. The minimum Gasteiger partial charge on any atom is -0.469 e. The molecular formula is C12H11F3N10O2. The molecule has 0 atom stereocenters. The van der Waals surface area contributed by atoms with E-state index in [-0.39, 0.29) is 23.8 Å². The average Bonchev–Trinajstić information content (AvgIpc) is 3.19. The smallest absolute Gasteiger partial charge is 0.433 e. The molecule has 0 saturated heterocycles. The molecule has 0 bridgehead atoms. The molecule has 27 heavy (non-hydrogen) atoms. The number of carbonyl (C=O) groups excluding carboxylic acids is 1. The van der Waals surface area contributed by atoms with Crippen molar-refractivity contribution >= 4 is 5.91 Å². The van der Waals surface area contributed by atoms with E-state index in [4.69, 9.17) is 10.5 Å². The van der Waals surface area contributed by atoms with Gasteiger partial charge in [0.2, 0.25) is 5.88 Å². The number of nitrogens with two attached hydrogens (primary N) is 1. The quantitative estimate of drug-likeness (QED) is 0.613. The number of tetrazole rings is 2. The number of alkyl halides is 3. The second kappa shape index (κ2) is 6.58. The molecule has 0 saturated carbocycles. The first-order valence-corrected chi connectivity index (χ1v) is 7.17. The first-order chi connectivity index (χ1) is 12.7. The van der Waals surface area contributed by atoms with E-state index in [1.807, 2.05) is 0 Å². The van der Waals surface area contributed by atoms with Crippen molar-refractivity contribution in [2.24, 2.45) is 19.8 Å². The SMILES string of the molecule is Cn1nnnc1COc1nc(C(F)(F)F)cc(-c2nnnn2C)c1C(N)=O. The lowest BCUT2D eigenvalue weighted by molar-refractivity contribution is -0.141. The molecule has 0 aromatic carbocycles. The summed E-state index contributed by atoms with van der Waals surface area (Å²) in [7, 11) is 2.89. The standard InChI is InChI=1S/C12H11F3N10O2/c1-24-7(18-20-22-24)4-27-11-8(9(16)26)5(10-19-21-23-25(10)2)3-6(17-11)12(13,14)15/h3H,4H2,1-2H3,(H2,16,26). The Kier molecular flexibility index (Phi) is 4.42. The third-order valence-corrected chi connectivity index (χ3v) is 3.43. The van der Waals surface area contributed by atoms with Crippen LogP contribution in [0.25, 0.3) is 11.4 Å². The van der Waals surface area contributed by atoms with Crippen molar-refractivity contribution in [2.45, 2.75) is 12.8 Å². The molecule has 142 valence electrons. The Labute approximate surface area is 148 Å². The van der Waals surface area contributed by atoms with Crippen molar-refractivity contribution < 1.29 is 22.7 Å². The van der Waals surface area contributed by atoms with E-state index < -0.39 is 29.2 Å². The monoisotopic (exact) mass is 384 g/mol. The molecule has 2 N–H and O–H groups in total. The summed E-state index contributed by atoms with van der Waals surface area (Å²) in [4.78, 5) is 15.3.